The van der Waals surface area contributed by atoms with E-state index in [2.05, 4.69) is 0 Å². The predicted molar refractivity (Wildman–Crippen MR) is 72.7 cm³/mol. The van der Waals surface area contributed by atoms with Crippen LogP contribution >= 0.6 is 0 Å². The molecule has 0 unspecified atom stereocenters. The summed E-state index contributed by atoms with van der Waals surface area (Å²) in [4.78, 5) is 24.4. The number of carboxylic acids is 1. The van der Waals surface area contributed by atoms with Crippen molar-refractivity contribution >= 4 is 11.9 Å². The minimum atomic E-state index is -4.31. The van der Waals surface area contributed by atoms with E-state index in [9.17, 15) is 22.8 Å². The minimum absolute atomic E-state index is 0.0297. The summed E-state index contributed by atoms with van der Waals surface area (Å²) in [5, 5.41) is 8.81. The Morgan fingerprint density at radius 2 is 1.68 bits per heavy atom. The van der Waals surface area contributed by atoms with Crippen molar-refractivity contribution in [2.45, 2.75) is 37.9 Å². The average molecular weight is 315 g/mol. The number of carbonyl (C=O) groups is 2. The third-order valence-electron chi connectivity index (χ3n) is 3.79. The van der Waals surface area contributed by atoms with Crippen LogP contribution < -0.4 is 0 Å². The number of amides is 1. The average Bonchev–Trinajstić information content (AvgIpc) is 2.39. The van der Waals surface area contributed by atoms with Crippen molar-refractivity contribution in [2.24, 2.45) is 0 Å². The standard InChI is InChI=1S/C15H16F3NO3/c16-15(17,18)8-9-19(12-2-1-3-12)13(20)10-4-6-11(7-5-10)14(21)22/h4-7,12H,1-3,8-9H2,(H,21,22). The van der Waals surface area contributed by atoms with Crippen LogP contribution in [-0.4, -0.2) is 40.6 Å². The Hall–Kier alpha value is -2.05. The second-order valence-electron chi connectivity index (χ2n) is 5.33. The van der Waals surface area contributed by atoms with Crippen LogP contribution in [0.15, 0.2) is 24.3 Å². The molecular weight excluding hydrogens is 299 g/mol. The Morgan fingerprint density at radius 3 is 2.09 bits per heavy atom. The van der Waals surface area contributed by atoms with Gasteiger partial charge in [0.1, 0.15) is 0 Å². The first-order valence-electron chi connectivity index (χ1n) is 6.99. The van der Waals surface area contributed by atoms with Gasteiger partial charge < -0.3 is 10.0 Å². The molecule has 120 valence electrons. The summed E-state index contributed by atoms with van der Waals surface area (Å²) >= 11 is 0. The maximum atomic E-state index is 12.4. The first-order chi connectivity index (χ1) is 10.3. The molecule has 0 aromatic heterocycles. The zero-order valence-electron chi connectivity index (χ0n) is 11.8. The van der Waals surface area contributed by atoms with Crippen molar-refractivity contribution in [2.75, 3.05) is 6.54 Å². The molecule has 1 amide bonds. The molecule has 0 atom stereocenters. The Labute approximate surface area is 125 Å². The lowest BCUT2D eigenvalue weighted by Crippen LogP contribution is -2.45. The molecule has 1 aromatic carbocycles. The summed E-state index contributed by atoms with van der Waals surface area (Å²) in [6, 6.07) is 5.07. The van der Waals surface area contributed by atoms with Crippen LogP contribution in [-0.2, 0) is 0 Å². The molecule has 0 spiro atoms. The van der Waals surface area contributed by atoms with Crippen LogP contribution in [0.4, 0.5) is 13.2 Å². The Balaban J connectivity index is 2.12. The van der Waals surface area contributed by atoms with Crippen molar-refractivity contribution in [3.63, 3.8) is 0 Å². The summed E-state index contributed by atoms with van der Waals surface area (Å²) < 4.78 is 37.2. The molecule has 0 aliphatic heterocycles. The molecule has 1 saturated carbocycles. The molecule has 22 heavy (non-hydrogen) atoms. The van der Waals surface area contributed by atoms with Gasteiger partial charge in [-0.25, -0.2) is 4.79 Å². The topological polar surface area (TPSA) is 57.6 Å². The number of rotatable bonds is 5. The summed E-state index contributed by atoms with van der Waals surface area (Å²) in [6.45, 7) is -0.367. The van der Waals surface area contributed by atoms with Gasteiger partial charge in [0.15, 0.2) is 0 Å². The van der Waals surface area contributed by atoms with Gasteiger partial charge in [0.2, 0.25) is 0 Å². The number of aromatic carboxylic acids is 1. The van der Waals surface area contributed by atoms with E-state index in [0.717, 1.165) is 6.42 Å². The second kappa shape index (κ2) is 6.37. The van der Waals surface area contributed by atoms with Crippen LogP contribution in [0, 0.1) is 0 Å². The summed E-state index contributed by atoms with van der Waals surface area (Å²) in [7, 11) is 0. The molecule has 1 aliphatic carbocycles. The van der Waals surface area contributed by atoms with Gasteiger partial charge in [-0.2, -0.15) is 13.2 Å². The first-order valence-corrected chi connectivity index (χ1v) is 6.99. The van der Waals surface area contributed by atoms with Crippen molar-refractivity contribution in [1.82, 2.24) is 4.90 Å². The molecule has 1 aliphatic rings. The van der Waals surface area contributed by atoms with Crippen LogP contribution in [0.25, 0.3) is 0 Å². The van der Waals surface area contributed by atoms with E-state index >= 15 is 0 Å². The highest BCUT2D eigenvalue weighted by Crippen LogP contribution is 2.28. The smallest absolute Gasteiger partial charge is 0.390 e. The van der Waals surface area contributed by atoms with Crippen molar-refractivity contribution in [3.05, 3.63) is 35.4 Å². The number of hydrogen-bond acceptors (Lipinski definition) is 2. The van der Waals surface area contributed by atoms with Crippen molar-refractivity contribution in [3.8, 4) is 0 Å². The fraction of sp³-hybridized carbons (Fsp3) is 0.467. The van der Waals surface area contributed by atoms with Gasteiger partial charge in [-0.05, 0) is 43.5 Å². The lowest BCUT2D eigenvalue weighted by molar-refractivity contribution is -0.138. The largest absolute Gasteiger partial charge is 0.478 e. The van der Waals surface area contributed by atoms with Crippen molar-refractivity contribution < 1.29 is 27.9 Å². The number of alkyl halides is 3. The quantitative estimate of drug-likeness (QED) is 0.906. The lowest BCUT2D eigenvalue weighted by atomic mass is 9.90. The Bertz CT molecular complexity index is 550. The number of benzene rings is 1. The molecule has 0 radical (unpaired) electrons. The molecule has 0 bridgehead atoms. The predicted octanol–water partition coefficient (Wildman–Crippen LogP) is 3.33. The van der Waals surface area contributed by atoms with Crippen LogP contribution in [0.3, 0.4) is 0 Å². The minimum Gasteiger partial charge on any atom is -0.478 e. The monoisotopic (exact) mass is 315 g/mol. The summed E-state index contributed by atoms with van der Waals surface area (Å²) in [5.74, 6) is -1.60. The Morgan fingerprint density at radius 1 is 1.14 bits per heavy atom. The number of hydrogen-bond donors (Lipinski definition) is 1. The van der Waals surface area contributed by atoms with Crippen LogP contribution in [0.5, 0.6) is 0 Å². The van der Waals surface area contributed by atoms with Gasteiger partial charge in [0.05, 0.1) is 12.0 Å². The molecule has 4 nitrogen and oxygen atoms in total. The lowest BCUT2D eigenvalue weighted by Gasteiger charge is -2.38. The molecule has 7 heteroatoms. The van der Waals surface area contributed by atoms with Gasteiger partial charge in [0, 0.05) is 18.2 Å². The maximum Gasteiger partial charge on any atom is 0.390 e. The van der Waals surface area contributed by atoms with Gasteiger partial charge in [0.25, 0.3) is 5.91 Å². The van der Waals surface area contributed by atoms with E-state index in [1.54, 1.807) is 0 Å². The Kier molecular flexibility index (Phi) is 4.73. The number of carbonyl (C=O) groups excluding carboxylic acids is 1. The summed E-state index contributed by atoms with van der Waals surface area (Å²) in [6.07, 6.45) is -3.04. The second-order valence-corrected chi connectivity index (χ2v) is 5.33. The molecule has 1 fully saturated rings. The highest BCUT2D eigenvalue weighted by atomic mass is 19.4. The van der Waals surface area contributed by atoms with E-state index in [0.29, 0.717) is 12.8 Å². The first kappa shape index (κ1) is 16.3. The van der Waals surface area contributed by atoms with Gasteiger partial charge >= 0.3 is 12.1 Å². The van der Waals surface area contributed by atoms with E-state index in [4.69, 9.17) is 5.11 Å². The molecular formula is C15H16F3NO3. The van der Waals surface area contributed by atoms with E-state index < -0.39 is 24.5 Å². The van der Waals surface area contributed by atoms with Crippen LogP contribution in [0.1, 0.15) is 46.4 Å². The zero-order chi connectivity index (χ0) is 16.3. The van der Waals surface area contributed by atoms with Gasteiger partial charge in [-0.15, -0.1) is 0 Å². The fourth-order valence-electron chi connectivity index (χ4n) is 2.32. The number of carboxylic acid groups (broad SMARTS) is 1. The third kappa shape index (κ3) is 3.99. The number of nitrogens with zero attached hydrogens (tertiary/aromatic N) is 1. The third-order valence-corrected chi connectivity index (χ3v) is 3.79. The van der Waals surface area contributed by atoms with E-state index in [1.807, 2.05) is 0 Å². The van der Waals surface area contributed by atoms with Crippen LogP contribution in [0.2, 0.25) is 0 Å². The molecule has 0 saturated heterocycles. The zero-order valence-corrected chi connectivity index (χ0v) is 11.8. The molecule has 1 aromatic rings. The molecule has 2 rings (SSSR count). The van der Waals surface area contributed by atoms with Gasteiger partial charge in [-0.1, -0.05) is 0 Å². The van der Waals surface area contributed by atoms with Crippen molar-refractivity contribution in [1.29, 1.82) is 0 Å². The number of halogens is 3. The highest BCUT2D eigenvalue weighted by Gasteiger charge is 2.34. The molecule has 0 heterocycles. The highest BCUT2D eigenvalue weighted by molar-refractivity contribution is 5.96. The fourth-order valence-corrected chi connectivity index (χ4v) is 2.32. The SMILES string of the molecule is O=C(O)c1ccc(C(=O)N(CCC(F)(F)F)C2CCC2)cc1. The summed E-state index contributed by atoms with van der Waals surface area (Å²) in [5.41, 5.74) is 0.237. The molecule has 1 N–H and O–H groups in total. The van der Waals surface area contributed by atoms with Gasteiger partial charge in [-0.3, -0.25) is 4.79 Å². The van der Waals surface area contributed by atoms with E-state index in [-0.39, 0.29) is 23.7 Å². The van der Waals surface area contributed by atoms with E-state index in [1.165, 1.54) is 29.2 Å². The maximum absolute atomic E-state index is 12.4. The normalized spacial score (nSPS) is 15.2.